The standard InChI is InChI=1S/C20H12FN3O4S/c21-14-6-2-3-7-15(14)22-20-23-19(25)18(29-20)11-12-9-10-17(28-12)13-5-1-4-8-16(13)24(26)27/h1-11H,(H,22,23,25)/b18-11+. The van der Waals surface area contributed by atoms with Crippen molar-refractivity contribution in [1.29, 1.82) is 0 Å². The van der Waals surface area contributed by atoms with Gasteiger partial charge in [0.1, 0.15) is 23.0 Å². The van der Waals surface area contributed by atoms with Crippen LogP contribution in [0.15, 0.2) is 75.0 Å². The number of rotatable bonds is 4. The van der Waals surface area contributed by atoms with Gasteiger partial charge in [0.05, 0.1) is 15.4 Å². The molecule has 1 aliphatic rings. The number of carbonyl (C=O) groups is 1. The summed E-state index contributed by atoms with van der Waals surface area (Å²) >= 11 is 1.05. The normalized spacial score (nSPS) is 16.4. The predicted molar refractivity (Wildman–Crippen MR) is 108 cm³/mol. The van der Waals surface area contributed by atoms with Gasteiger partial charge in [0.25, 0.3) is 11.6 Å². The molecule has 9 heteroatoms. The van der Waals surface area contributed by atoms with E-state index in [1.54, 1.807) is 42.5 Å². The summed E-state index contributed by atoms with van der Waals surface area (Å²) in [6.07, 6.45) is 1.50. The summed E-state index contributed by atoms with van der Waals surface area (Å²) in [4.78, 5) is 27.3. The number of halogens is 1. The lowest BCUT2D eigenvalue weighted by Crippen LogP contribution is -2.19. The highest BCUT2D eigenvalue weighted by atomic mass is 32.2. The minimum absolute atomic E-state index is 0.0756. The molecule has 29 heavy (non-hydrogen) atoms. The molecular weight excluding hydrogens is 397 g/mol. The van der Waals surface area contributed by atoms with Gasteiger partial charge >= 0.3 is 0 Å². The number of nitrogens with one attached hydrogen (secondary N) is 1. The Hall–Kier alpha value is -3.72. The van der Waals surface area contributed by atoms with Crippen LogP contribution in [0.1, 0.15) is 5.76 Å². The van der Waals surface area contributed by atoms with Crippen LogP contribution in [-0.2, 0) is 4.79 Å². The number of hydrogen-bond acceptors (Lipinski definition) is 6. The molecule has 0 radical (unpaired) electrons. The number of nitro groups is 1. The van der Waals surface area contributed by atoms with Crippen LogP contribution in [0.3, 0.4) is 0 Å². The Morgan fingerprint density at radius 3 is 2.66 bits per heavy atom. The van der Waals surface area contributed by atoms with Gasteiger partial charge in [-0.15, -0.1) is 0 Å². The van der Waals surface area contributed by atoms with E-state index in [0.29, 0.717) is 22.0 Å². The van der Waals surface area contributed by atoms with Crippen LogP contribution in [0, 0.1) is 15.9 Å². The van der Waals surface area contributed by atoms with Gasteiger partial charge in [0.15, 0.2) is 5.17 Å². The summed E-state index contributed by atoms with van der Waals surface area (Å²) < 4.78 is 19.4. The Bertz CT molecular complexity index is 1190. The number of amides is 1. The number of nitro benzene ring substituents is 1. The zero-order chi connectivity index (χ0) is 20.4. The summed E-state index contributed by atoms with van der Waals surface area (Å²) in [6.45, 7) is 0. The highest BCUT2D eigenvalue weighted by molar-refractivity contribution is 8.18. The number of benzene rings is 2. The molecule has 0 atom stereocenters. The molecule has 4 rings (SSSR count). The molecule has 1 fully saturated rings. The third-order valence-corrected chi connectivity index (χ3v) is 4.90. The van der Waals surface area contributed by atoms with Crippen LogP contribution >= 0.6 is 11.8 Å². The molecule has 0 unspecified atom stereocenters. The Balaban J connectivity index is 1.59. The minimum atomic E-state index is -0.493. The van der Waals surface area contributed by atoms with E-state index in [4.69, 9.17) is 4.42 Å². The second-order valence-electron chi connectivity index (χ2n) is 5.91. The highest BCUT2D eigenvalue weighted by Gasteiger charge is 2.25. The zero-order valence-electron chi connectivity index (χ0n) is 14.7. The van der Waals surface area contributed by atoms with Crippen molar-refractivity contribution in [2.45, 2.75) is 0 Å². The number of aliphatic imine (C=N–C) groups is 1. The average Bonchev–Trinajstić information content (AvgIpc) is 3.30. The fourth-order valence-electron chi connectivity index (χ4n) is 2.68. The Labute approximate surface area is 168 Å². The van der Waals surface area contributed by atoms with E-state index in [0.717, 1.165) is 11.8 Å². The number of hydrogen-bond donors (Lipinski definition) is 1. The third-order valence-electron chi connectivity index (χ3n) is 3.99. The number of carbonyl (C=O) groups excluding carboxylic acids is 1. The first-order valence-corrected chi connectivity index (χ1v) is 9.20. The lowest BCUT2D eigenvalue weighted by molar-refractivity contribution is -0.384. The molecule has 1 aromatic heterocycles. The Kier molecular flexibility index (Phi) is 4.96. The smallest absolute Gasteiger partial charge is 0.280 e. The van der Waals surface area contributed by atoms with Crippen LogP contribution in [0.5, 0.6) is 0 Å². The molecule has 2 heterocycles. The monoisotopic (exact) mass is 409 g/mol. The molecule has 0 bridgehead atoms. The van der Waals surface area contributed by atoms with Gasteiger partial charge < -0.3 is 9.73 Å². The maximum Gasteiger partial charge on any atom is 0.280 e. The number of para-hydroxylation sites is 2. The van der Waals surface area contributed by atoms with Crippen molar-refractivity contribution < 1.29 is 18.5 Å². The van der Waals surface area contributed by atoms with Crippen molar-refractivity contribution in [1.82, 2.24) is 5.32 Å². The minimum Gasteiger partial charge on any atom is -0.456 e. The lowest BCUT2D eigenvalue weighted by Gasteiger charge is -1.98. The molecule has 2 aromatic carbocycles. The van der Waals surface area contributed by atoms with Crippen molar-refractivity contribution in [2.75, 3.05) is 0 Å². The highest BCUT2D eigenvalue weighted by Crippen LogP contribution is 2.33. The molecule has 1 saturated heterocycles. The summed E-state index contributed by atoms with van der Waals surface area (Å²) in [7, 11) is 0. The maximum atomic E-state index is 13.7. The van der Waals surface area contributed by atoms with Gasteiger partial charge in [-0.05, 0) is 42.1 Å². The van der Waals surface area contributed by atoms with Gasteiger partial charge in [0, 0.05) is 12.1 Å². The largest absolute Gasteiger partial charge is 0.456 e. The van der Waals surface area contributed by atoms with Gasteiger partial charge in [-0.1, -0.05) is 24.3 Å². The number of nitrogens with zero attached hydrogens (tertiary/aromatic N) is 2. The first kappa shape index (κ1) is 18.6. The van der Waals surface area contributed by atoms with E-state index < -0.39 is 16.6 Å². The number of amidine groups is 1. The molecule has 0 saturated carbocycles. The second kappa shape index (κ2) is 7.72. The predicted octanol–water partition coefficient (Wildman–Crippen LogP) is 4.89. The van der Waals surface area contributed by atoms with Gasteiger partial charge in [-0.3, -0.25) is 14.9 Å². The summed E-state index contributed by atoms with van der Waals surface area (Å²) in [5, 5.41) is 14.0. The van der Waals surface area contributed by atoms with Crippen molar-refractivity contribution in [3.05, 3.63) is 87.3 Å². The summed E-state index contributed by atoms with van der Waals surface area (Å²) in [5.74, 6) is -0.225. The third kappa shape index (κ3) is 3.94. The van der Waals surface area contributed by atoms with Crippen LogP contribution in [-0.4, -0.2) is 16.0 Å². The second-order valence-corrected chi connectivity index (χ2v) is 6.94. The fraction of sp³-hybridized carbons (Fsp3) is 0. The number of thioether (sulfide) groups is 1. The molecule has 1 aliphatic heterocycles. The van der Waals surface area contributed by atoms with Gasteiger partial charge in [-0.2, -0.15) is 0 Å². The van der Waals surface area contributed by atoms with E-state index in [2.05, 4.69) is 10.3 Å². The SMILES string of the molecule is O=C1NC(=Nc2ccccc2F)S/C1=C/c1ccc(-c2ccccc2[N+](=O)[O-])o1. The van der Waals surface area contributed by atoms with E-state index in [-0.39, 0.29) is 16.5 Å². The van der Waals surface area contributed by atoms with Crippen LogP contribution < -0.4 is 5.32 Å². The molecule has 7 nitrogen and oxygen atoms in total. The topological polar surface area (TPSA) is 97.7 Å². The molecule has 0 aliphatic carbocycles. The molecule has 3 aromatic rings. The maximum absolute atomic E-state index is 13.7. The average molecular weight is 409 g/mol. The van der Waals surface area contributed by atoms with Gasteiger partial charge in [0.2, 0.25) is 0 Å². The Morgan fingerprint density at radius 2 is 1.86 bits per heavy atom. The molecule has 1 N–H and O–H groups in total. The molecular formula is C20H12FN3O4S. The van der Waals surface area contributed by atoms with E-state index >= 15 is 0 Å². The first-order valence-electron chi connectivity index (χ1n) is 8.39. The van der Waals surface area contributed by atoms with Crippen molar-refractivity contribution in [2.24, 2.45) is 4.99 Å². The number of furan rings is 1. The van der Waals surface area contributed by atoms with E-state index in [1.165, 1.54) is 24.3 Å². The molecule has 1 amide bonds. The molecule has 0 spiro atoms. The van der Waals surface area contributed by atoms with Crippen LogP contribution in [0.25, 0.3) is 17.4 Å². The van der Waals surface area contributed by atoms with Gasteiger partial charge in [-0.25, -0.2) is 9.38 Å². The Morgan fingerprint density at radius 1 is 1.10 bits per heavy atom. The lowest BCUT2D eigenvalue weighted by atomic mass is 10.1. The quantitative estimate of drug-likeness (QED) is 0.376. The molecule has 144 valence electrons. The van der Waals surface area contributed by atoms with Crippen molar-refractivity contribution >= 4 is 40.3 Å². The van der Waals surface area contributed by atoms with E-state index in [9.17, 15) is 19.3 Å². The van der Waals surface area contributed by atoms with Crippen molar-refractivity contribution in [3.8, 4) is 11.3 Å². The summed E-state index contributed by atoms with van der Waals surface area (Å²) in [6, 6.07) is 15.4. The van der Waals surface area contributed by atoms with Crippen LogP contribution in [0.2, 0.25) is 0 Å². The zero-order valence-corrected chi connectivity index (χ0v) is 15.5. The van der Waals surface area contributed by atoms with Crippen molar-refractivity contribution in [3.63, 3.8) is 0 Å². The summed E-state index contributed by atoms with van der Waals surface area (Å²) in [5.41, 5.74) is 0.383. The fourth-order valence-corrected chi connectivity index (χ4v) is 3.49. The first-order chi connectivity index (χ1) is 14.0. The van der Waals surface area contributed by atoms with Crippen LogP contribution in [0.4, 0.5) is 15.8 Å². The van der Waals surface area contributed by atoms with E-state index in [1.807, 2.05) is 0 Å².